The van der Waals surface area contributed by atoms with Gasteiger partial charge in [-0.3, -0.25) is 4.79 Å². The van der Waals surface area contributed by atoms with E-state index < -0.39 is 0 Å². The van der Waals surface area contributed by atoms with E-state index in [2.05, 4.69) is 4.81 Å². The molecular weight excluding hydrogens is 165 g/mol. The van der Waals surface area contributed by atoms with Gasteiger partial charge in [-0.05, 0) is 25.1 Å². The fourth-order valence-electron chi connectivity index (χ4n) is 3.43. The molecule has 0 radical (unpaired) electrons. The maximum Gasteiger partial charge on any atom is 0.376 e. The van der Waals surface area contributed by atoms with Crippen molar-refractivity contribution in [2.45, 2.75) is 38.2 Å². The first-order chi connectivity index (χ1) is 6.18. The summed E-state index contributed by atoms with van der Waals surface area (Å²) in [5, 5.41) is 9.60. The van der Waals surface area contributed by atoms with E-state index in [0.717, 1.165) is 11.8 Å². The van der Waals surface area contributed by atoms with Crippen LogP contribution in [0.15, 0.2) is 0 Å². The molecule has 4 atom stereocenters. The smallest absolute Gasteiger partial charge is 0.376 e. The molecule has 4 heteroatoms. The molecule has 0 aromatic rings. The number of hydrogen-bond donors (Lipinski definition) is 1. The highest BCUT2D eigenvalue weighted by molar-refractivity contribution is 6.45. The second kappa shape index (κ2) is 2.36. The van der Waals surface area contributed by atoms with E-state index in [1.807, 2.05) is 6.82 Å². The van der Waals surface area contributed by atoms with Crippen molar-refractivity contribution >= 4 is 12.8 Å². The van der Waals surface area contributed by atoms with Crippen LogP contribution in [0, 0.1) is 11.8 Å². The first-order valence-electron chi connectivity index (χ1n) is 5.15. The molecule has 3 rings (SSSR count). The number of hydrogen-bond acceptors (Lipinski definition) is 3. The Morgan fingerprint density at radius 3 is 2.38 bits per heavy atom. The van der Waals surface area contributed by atoms with Gasteiger partial charge in [-0.2, -0.15) is 0 Å². The quantitative estimate of drug-likeness (QED) is 0.582. The first-order valence-corrected chi connectivity index (χ1v) is 5.15. The first kappa shape index (κ1) is 8.00. The van der Waals surface area contributed by atoms with Crippen LogP contribution in [-0.4, -0.2) is 34.8 Å². The predicted octanol–water partition coefficient (Wildman–Crippen LogP) is 0.148. The van der Waals surface area contributed by atoms with Gasteiger partial charge in [0.15, 0.2) is 0 Å². The Morgan fingerprint density at radius 1 is 1.38 bits per heavy atom. The van der Waals surface area contributed by atoms with E-state index in [-0.39, 0.29) is 7.05 Å². The number of carbonyl (C=O) groups is 1. The second-order valence-electron chi connectivity index (χ2n) is 4.72. The highest BCUT2D eigenvalue weighted by Gasteiger charge is 2.62. The summed E-state index contributed by atoms with van der Waals surface area (Å²) in [5.41, 5.74) is 0. The number of nitrogens with zero attached hydrogens (tertiary/aromatic N) is 1. The van der Waals surface area contributed by atoms with Crippen molar-refractivity contribution < 1.29 is 9.82 Å². The second-order valence-corrected chi connectivity index (χ2v) is 4.72. The third kappa shape index (κ3) is 0.959. The zero-order valence-corrected chi connectivity index (χ0v) is 7.81. The zero-order valence-electron chi connectivity index (χ0n) is 7.81. The molecule has 3 aliphatic rings. The molecule has 70 valence electrons. The van der Waals surface area contributed by atoms with Crippen LogP contribution in [0.5, 0.6) is 0 Å². The minimum Gasteiger partial charge on any atom is -0.437 e. The Kier molecular flexibility index (Phi) is 1.46. The van der Waals surface area contributed by atoms with Crippen molar-refractivity contribution in [1.29, 1.82) is 0 Å². The number of rotatable bonds is 1. The van der Waals surface area contributed by atoms with Crippen molar-refractivity contribution in [2.75, 3.05) is 0 Å². The van der Waals surface area contributed by atoms with Crippen molar-refractivity contribution in [2.24, 2.45) is 11.8 Å². The molecule has 3 fully saturated rings. The van der Waals surface area contributed by atoms with Crippen molar-refractivity contribution in [3.63, 3.8) is 0 Å². The van der Waals surface area contributed by atoms with Crippen molar-refractivity contribution in [3.05, 3.63) is 0 Å². The minimum atomic E-state index is -0.365. The summed E-state index contributed by atoms with van der Waals surface area (Å²) in [5.74, 6) is 1.86. The fraction of sp³-hybridized carbons (Fsp3) is 0.889. The molecular formula is C9H14BNO2. The van der Waals surface area contributed by atoms with Gasteiger partial charge in [-0.15, -0.1) is 0 Å². The summed E-state index contributed by atoms with van der Waals surface area (Å²) in [6.45, 7) is 1.82. The van der Waals surface area contributed by atoms with Crippen LogP contribution >= 0.6 is 0 Å². The molecule has 1 N–H and O–H groups in total. The number of carbonyl (C=O) groups excluding carboxylic acids is 1. The van der Waals surface area contributed by atoms with Gasteiger partial charge in [0.25, 0.3) is 0 Å². The Balaban J connectivity index is 1.90. The Bertz CT molecular complexity index is 248. The normalized spacial score (nSPS) is 47.7. The summed E-state index contributed by atoms with van der Waals surface area (Å²) in [6.07, 6.45) is 2.66. The molecule has 2 heterocycles. The van der Waals surface area contributed by atoms with Crippen molar-refractivity contribution in [3.8, 4) is 0 Å². The number of piperidine rings is 2. The molecule has 0 amide bonds. The zero-order chi connectivity index (χ0) is 9.16. The molecule has 0 aromatic heterocycles. The monoisotopic (exact) mass is 179 g/mol. The predicted molar refractivity (Wildman–Crippen MR) is 49.1 cm³/mol. The fourth-order valence-corrected chi connectivity index (χ4v) is 3.43. The van der Waals surface area contributed by atoms with Crippen molar-refractivity contribution in [1.82, 2.24) is 4.81 Å². The maximum absolute atomic E-state index is 11.3. The molecule has 3 nitrogen and oxygen atoms in total. The Labute approximate surface area is 78.2 Å². The summed E-state index contributed by atoms with van der Waals surface area (Å²) in [6, 6.07) is 0.743. The summed E-state index contributed by atoms with van der Waals surface area (Å²) >= 11 is 0. The van der Waals surface area contributed by atoms with Gasteiger partial charge in [-0.1, -0.05) is 0 Å². The molecule has 0 aromatic carbocycles. The molecule has 1 saturated carbocycles. The number of fused-ring (bicyclic) bond motifs is 5. The van der Waals surface area contributed by atoms with Gasteiger partial charge >= 0.3 is 7.05 Å². The lowest BCUT2D eigenvalue weighted by atomic mass is 9.77. The molecule has 2 aliphatic heterocycles. The lowest BCUT2D eigenvalue weighted by molar-refractivity contribution is -0.123. The largest absolute Gasteiger partial charge is 0.437 e. The maximum atomic E-state index is 11.3. The van der Waals surface area contributed by atoms with Gasteiger partial charge in [0.1, 0.15) is 5.78 Å². The van der Waals surface area contributed by atoms with E-state index in [4.69, 9.17) is 0 Å². The van der Waals surface area contributed by atoms with E-state index in [1.54, 1.807) is 0 Å². The van der Waals surface area contributed by atoms with Crippen LogP contribution in [-0.2, 0) is 4.79 Å². The lowest BCUT2D eigenvalue weighted by Gasteiger charge is -2.37. The minimum absolute atomic E-state index is 0.365. The standard InChI is InChI=1S/C9H14BNO2/c1-10(13)11-8-2-5(12)3-9(11)7-4-6(7)8/h6-9,13H,2-4H2,1H3/t6-,7+,8?,9?. The van der Waals surface area contributed by atoms with E-state index in [0.29, 0.717) is 30.7 Å². The van der Waals surface area contributed by atoms with Gasteiger partial charge in [0, 0.05) is 24.9 Å². The van der Waals surface area contributed by atoms with Crippen LogP contribution in [0.25, 0.3) is 0 Å². The highest BCUT2D eigenvalue weighted by atomic mass is 16.2. The SMILES string of the molecule is CB(O)N1C2CC(=O)CC1[C@@H]1C[C@H]21. The highest BCUT2D eigenvalue weighted by Crippen LogP contribution is 2.57. The Hall–Kier alpha value is -0.345. The van der Waals surface area contributed by atoms with Gasteiger partial charge < -0.3 is 9.83 Å². The Morgan fingerprint density at radius 2 is 1.92 bits per heavy atom. The van der Waals surface area contributed by atoms with E-state index >= 15 is 0 Å². The topological polar surface area (TPSA) is 40.5 Å². The van der Waals surface area contributed by atoms with Crippen LogP contribution < -0.4 is 0 Å². The summed E-state index contributed by atoms with van der Waals surface area (Å²) < 4.78 is 0. The molecule has 0 spiro atoms. The molecule has 2 bridgehead atoms. The molecule has 1 aliphatic carbocycles. The van der Waals surface area contributed by atoms with Gasteiger partial charge in [0.2, 0.25) is 0 Å². The van der Waals surface area contributed by atoms with Gasteiger partial charge in [-0.25, -0.2) is 0 Å². The third-order valence-electron chi connectivity index (χ3n) is 3.95. The van der Waals surface area contributed by atoms with Crippen LogP contribution in [0.3, 0.4) is 0 Å². The number of ketones is 1. The summed E-state index contributed by atoms with van der Waals surface area (Å²) in [4.78, 5) is 13.5. The third-order valence-corrected chi connectivity index (χ3v) is 3.95. The average molecular weight is 179 g/mol. The van der Waals surface area contributed by atoms with Crippen LogP contribution in [0.1, 0.15) is 19.3 Å². The van der Waals surface area contributed by atoms with E-state index in [1.165, 1.54) is 6.42 Å². The van der Waals surface area contributed by atoms with Crippen LogP contribution in [0.2, 0.25) is 6.82 Å². The van der Waals surface area contributed by atoms with E-state index in [9.17, 15) is 9.82 Å². The van der Waals surface area contributed by atoms with Crippen LogP contribution in [0.4, 0.5) is 0 Å². The molecule has 13 heavy (non-hydrogen) atoms. The lowest BCUT2D eigenvalue weighted by Crippen LogP contribution is -2.53. The van der Waals surface area contributed by atoms with Gasteiger partial charge in [0.05, 0.1) is 0 Å². The average Bonchev–Trinajstić information content (AvgIpc) is 2.76. The molecule has 2 unspecified atom stereocenters. The number of Topliss-reactive ketones (excluding diaryl/α,β-unsaturated/α-hetero) is 1. The molecule has 2 saturated heterocycles. The summed E-state index contributed by atoms with van der Waals surface area (Å²) in [7, 11) is -0.365.